The molecule has 1 aliphatic heterocycles. The number of rotatable bonds is 5. The molecule has 1 fully saturated rings. The number of carbonyl (C=O) groups excluding carboxylic acids is 1. The molecule has 0 radical (unpaired) electrons. The molecule has 1 unspecified atom stereocenters. The lowest BCUT2D eigenvalue weighted by atomic mass is 9.97. The zero-order valence-electron chi connectivity index (χ0n) is 15.4. The van der Waals surface area contributed by atoms with Gasteiger partial charge in [0.05, 0.1) is 5.69 Å². The standard InChI is InChI=1S/C18H27N5OS/c1-11(9-15-12(2)22-23(4)13(15)3)17(24)21-18-20-10-16(25-18)14-5-7-19-8-6-14/h10-11,14,19H,5-9H2,1-4H3,(H,20,21,24). The van der Waals surface area contributed by atoms with E-state index in [0.29, 0.717) is 17.5 Å². The van der Waals surface area contributed by atoms with E-state index in [4.69, 9.17) is 0 Å². The van der Waals surface area contributed by atoms with Crippen molar-refractivity contribution in [3.8, 4) is 0 Å². The minimum Gasteiger partial charge on any atom is -0.317 e. The Balaban J connectivity index is 1.60. The molecule has 1 atom stereocenters. The number of nitrogens with zero attached hydrogens (tertiary/aromatic N) is 3. The van der Waals surface area contributed by atoms with E-state index in [9.17, 15) is 4.79 Å². The van der Waals surface area contributed by atoms with Gasteiger partial charge in [0.1, 0.15) is 0 Å². The van der Waals surface area contributed by atoms with Crippen LogP contribution in [-0.2, 0) is 18.3 Å². The molecule has 2 N–H and O–H groups in total. The molecule has 1 saturated heterocycles. The lowest BCUT2D eigenvalue weighted by Crippen LogP contribution is -2.26. The van der Waals surface area contributed by atoms with Crippen LogP contribution >= 0.6 is 11.3 Å². The Morgan fingerprint density at radius 2 is 2.16 bits per heavy atom. The van der Waals surface area contributed by atoms with Gasteiger partial charge in [-0.2, -0.15) is 5.10 Å². The van der Waals surface area contributed by atoms with Gasteiger partial charge in [-0.15, -0.1) is 11.3 Å². The maximum atomic E-state index is 12.6. The zero-order chi connectivity index (χ0) is 18.0. The number of carbonyl (C=O) groups is 1. The van der Waals surface area contributed by atoms with Crippen molar-refractivity contribution in [2.45, 2.75) is 46.0 Å². The van der Waals surface area contributed by atoms with E-state index in [0.717, 1.165) is 37.3 Å². The summed E-state index contributed by atoms with van der Waals surface area (Å²) in [5, 5.41) is 11.5. The molecule has 0 aromatic carbocycles. The Morgan fingerprint density at radius 3 is 2.80 bits per heavy atom. The number of hydrogen-bond donors (Lipinski definition) is 2. The highest BCUT2D eigenvalue weighted by Crippen LogP contribution is 2.32. The molecular formula is C18H27N5OS. The van der Waals surface area contributed by atoms with Crippen molar-refractivity contribution in [3.05, 3.63) is 28.0 Å². The van der Waals surface area contributed by atoms with Gasteiger partial charge in [-0.3, -0.25) is 9.48 Å². The minimum absolute atomic E-state index is 0.0221. The molecule has 1 aliphatic rings. The summed E-state index contributed by atoms with van der Waals surface area (Å²) >= 11 is 1.61. The first kappa shape index (κ1) is 18.1. The Kier molecular flexibility index (Phi) is 5.54. The van der Waals surface area contributed by atoms with E-state index in [1.807, 2.05) is 38.7 Å². The third-order valence-electron chi connectivity index (χ3n) is 5.11. The summed E-state index contributed by atoms with van der Waals surface area (Å²) in [7, 11) is 1.94. The summed E-state index contributed by atoms with van der Waals surface area (Å²) in [6.07, 6.45) is 4.91. The molecule has 2 aromatic rings. The molecule has 1 amide bonds. The summed E-state index contributed by atoms with van der Waals surface area (Å²) < 4.78 is 1.88. The van der Waals surface area contributed by atoms with Crippen molar-refractivity contribution >= 4 is 22.4 Å². The fraction of sp³-hybridized carbons (Fsp3) is 0.611. The van der Waals surface area contributed by atoms with Gasteiger partial charge in [0.15, 0.2) is 5.13 Å². The van der Waals surface area contributed by atoms with Crippen molar-refractivity contribution in [2.75, 3.05) is 18.4 Å². The molecule has 136 valence electrons. The molecule has 2 aromatic heterocycles. The normalized spacial score (nSPS) is 16.8. The SMILES string of the molecule is Cc1nn(C)c(C)c1CC(C)C(=O)Nc1ncc(C2CCNCC2)s1. The molecule has 6 nitrogen and oxygen atoms in total. The van der Waals surface area contributed by atoms with E-state index in [-0.39, 0.29) is 11.8 Å². The van der Waals surface area contributed by atoms with Crippen molar-refractivity contribution in [3.63, 3.8) is 0 Å². The highest BCUT2D eigenvalue weighted by Gasteiger charge is 2.21. The topological polar surface area (TPSA) is 71.8 Å². The van der Waals surface area contributed by atoms with Crippen LogP contribution in [0.15, 0.2) is 6.20 Å². The lowest BCUT2D eigenvalue weighted by Gasteiger charge is -2.20. The van der Waals surface area contributed by atoms with Crippen LogP contribution in [0.3, 0.4) is 0 Å². The second kappa shape index (κ2) is 7.66. The van der Waals surface area contributed by atoms with Crippen molar-refractivity contribution < 1.29 is 4.79 Å². The number of hydrogen-bond acceptors (Lipinski definition) is 5. The number of thiazole rings is 1. The molecular weight excluding hydrogens is 334 g/mol. The summed E-state index contributed by atoms with van der Waals surface area (Å²) in [5.74, 6) is 0.476. The fourth-order valence-corrected chi connectivity index (χ4v) is 4.37. The largest absolute Gasteiger partial charge is 0.317 e. The first-order valence-corrected chi connectivity index (χ1v) is 9.73. The van der Waals surface area contributed by atoms with Crippen LogP contribution in [-0.4, -0.2) is 33.8 Å². The number of amides is 1. The van der Waals surface area contributed by atoms with Crippen LogP contribution in [0, 0.1) is 19.8 Å². The molecule has 0 saturated carbocycles. The van der Waals surface area contributed by atoms with Crippen LogP contribution in [0.5, 0.6) is 0 Å². The first-order chi connectivity index (χ1) is 12.0. The number of piperidine rings is 1. The van der Waals surface area contributed by atoms with Gasteiger partial charge in [-0.25, -0.2) is 4.98 Å². The summed E-state index contributed by atoms with van der Waals surface area (Å²) in [6, 6.07) is 0. The quantitative estimate of drug-likeness (QED) is 0.859. The number of nitrogens with one attached hydrogen (secondary N) is 2. The highest BCUT2D eigenvalue weighted by atomic mass is 32.1. The van der Waals surface area contributed by atoms with Crippen molar-refractivity contribution in [1.29, 1.82) is 0 Å². The highest BCUT2D eigenvalue weighted by molar-refractivity contribution is 7.15. The third kappa shape index (κ3) is 4.10. The van der Waals surface area contributed by atoms with Gasteiger partial charge in [-0.1, -0.05) is 6.92 Å². The van der Waals surface area contributed by atoms with Crippen LogP contribution in [0.2, 0.25) is 0 Å². The van der Waals surface area contributed by atoms with Gasteiger partial charge in [0, 0.05) is 29.7 Å². The zero-order valence-corrected chi connectivity index (χ0v) is 16.2. The summed E-state index contributed by atoms with van der Waals surface area (Å²) in [6.45, 7) is 8.13. The predicted molar refractivity (Wildman–Crippen MR) is 101 cm³/mol. The van der Waals surface area contributed by atoms with E-state index in [1.54, 1.807) is 11.3 Å². The van der Waals surface area contributed by atoms with E-state index >= 15 is 0 Å². The summed E-state index contributed by atoms with van der Waals surface area (Å²) in [5.41, 5.74) is 3.29. The second-order valence-corrected chi connectivity index (χ2v) is 8.02. The van der Waals surface area contributed by atoms with E-state index < -0.39 is 0 Å². The molecule has 3 rings (SSSR count). The van der Waals surface area contributed by atoms with E-state index in [1.165, 1.54) is 10.4 Å². The average molecular weight is 362 g/mol. The average Bonchev–Trinajstić information content (AvgIpc) is 3.16. The van der Waals surface area contributed by atoms with Gasteiger partial charge in [0.25, 0.3) is 0 Å². The number of anilines is 1. The van der Waals surface area contributed by atoms with Crippen LogP contribution in [0.1, 0.15) is 47.5 Å². The van der Waals surface area contributed by atoms with Crippen LogP contribution < -0.4 is 10.6 Å². The van der Waals surface area contributed by atoms with Crippen molar-refractivity contribution in [1.82, 2.24) is 20.1 Å². The molecule has 0 bridgehead atoms. The van der Waals surface area contributed by atoms with Gasteiger partial charge in [0.2, 0.25) is 5.91 Å². The third-order valence-corrected chi connectivity index (χ3v) is 6.19. The Morgan fingerprint density at radius 1 is 1.44 bits per heavy atom. The monoisotopic (exact) mass is 361 g/mol. The molecule has 3 heterocycles. The smallest absolute Gasteiger partial charge is 0.229 e. The molecule has 25 heavy (non-hydrogen) atoms. The lowest BCUT2D eigenvalue weighted by molar-refractivity contribution is -0.119. The molecule has 7 heteroatoms. The number of aryl methyl sites for hydroxylation is 2. The van der Waals surface area contributed by atoms with Crippen molar-refractivity contribution in [2.24, 2.45) is 13.0 Å². The second-order valence-electron chi connectivity index (χ2n) is 6.96. The first-order valence-electron chi connectivity index (χ1n) is 8.92. The Labute approximate surface area is 153 Å². The van der Waals surface area contributed by atoms with Gasteiger partial charge >= 0.3 is 0 Å². The fourth-order valence-electron chi connectivity index (χ4n) is 3.38. The summed E-state index contributed by atoms with van der Waals surface area (Å²) in [4.78, 5) is 18.2. The number of aromatic nitrogens is 3. The van der Waals surface area contributed by atoms with Gasteiger partial charge < -0.3 is 10.6 Å². The maximum Gasteiger partial charge on any atom is 0.229 e. The minimum atomic E-state index is -0.118. The Bertz CT molecular complexity index is 745. The predicted octanol–water partition coefficient (Wildman–Crippen LogP) is 2.78. The van der Waals surface area contributed by atoms with Crippen LogP contribution in [0.4, 0.5) is 5.13 Å². The Hall–Kier alpha value is -1.73. The maximum absolute atomic E-state index is 12.6. The molecule has 0 aliphatic carbocycles. The van der Waals surface area contributed by atoms with Gasteiger partial charge in [-0.05, 0) is 57.7 Å². The van der Waals surface area contributed by atoms with Crippen LogP contribution in [0.25, 0.3) is 0 Å². The van der Waals surface area contributed by atoms with E-state index in [2.05, 4.69) is 20.7 Å². The molecule has 0 spiro atoms.